The Morgan fingerprint density at radius 1 is 1.07 bits per heavy atom. The van der Waals surface area contributed by atoms with Crippen LogP contribution in [0.5, 0.6) is 0 Å². The van der Waals surface area contributed by atoms with Crippen LogP contribution in [0.2, 0.25) is 0 Å². The summed E-state index contributed by atoms with van der Waals surface area (Å²) in [6.07, 6.45) is -6.24. The number of methoxy groups -OCH3 is 1. The van der Waals surface area contributed by atoms with Crippen LogP contribution in [-0.4, -0.2) is 25.0 Å². The third-order valence-corrected chi connectivity index (χ3v) is 4.34. The van der Waals surface area contributed by atoms with Crippen molar-refractivity contribution < 1.29 is 31.9 Å². The number of carbonyl (C=O) groups excluding carboxylic acids is 2. The molecule has 0 aromatic heterocycles. The minimum absolute atomic E-state index is 0.0135. The van der Waals surface area contributed by atoms with Gasteiger partial charge in [-0.15, -0.1) is 0 Å². The van der Waals surface area contributed by atoms with Gasteiger partial charge in [0.25, 0.3) is 0 Å². The van der Waals surface area contributed by atoms with E-state index in [1.165, 1.54) is 24.3 Å². The first-order valence-corrected chi connectivity index (χ1v) is 8.04. The molecule has 0 fully saturated rings. The molecule has 0 aliphatic heterocycles. The number of nitrogens with zero attached hydrogens (tertiary/aromatic N) is 1. The molecular weight excluding hydrogens is 378 g/mol. The van der Waals surface area contributed by atoms with Crippen LogP contribution >= 0.6 is 0 Å². The van der Waals surface area contributed by atoms with E-state index in [1.54, 1.807) is 6.07 Å². The summed E-state index contributed by atoms with van der Waals surface area (Å²) in [4.78, 5) is 27.8. The average Bonchev–Trinajstić information content (AvgIpc) is 2.68. The summed E-state index contributed by atoms with van der Waals surface area (Å²) >= 11 is 0. The molecule has 4 nitrogen and oxygen atoms in total. The summed E-state index contributed by atoms with van der Waals surface area (Å²) in [5, 5.41) is 0. The fourth-order valence-electron chi connectivity index (χ4n) is 2.94. The first kappa shape index (κ1) is 21.1. The molecular formula is C20H15F4NO3. The molecule has 2 aromatic carbocycles. The number of hydrogen-bond acceptors (Lipinski definition) is 3. The monoisotopic (exact) mass is 393 g/mol. The van der Waals surface area contributed by atoms with Crippen LogP contribution in [0.4, 0.5) is 17.6 Å². The molecule has 0 aliphatic carbocycles. The van der Waals surface area contributed by atoms with Gasteiger partial charge in [-0.25, -0.2) is 15.8 Å². The van der Waals surface area contributed by atoms with Gasteiger partial charge in [-0.1, -0.05) is 30.3 Å². The fraction of sp³-hybridized carbons (Fsp3) is 0.250. The molecule has 0 amide bonds. The van der Waals surface area contributed by atoms with Crippen LogP contribution in [0.25, 0.3) is 4.85 Å². The van der Waals surface area contributed by atoms with Gasteiger partial charge in [0, 0.05) is 17.5 Å². The molecule has 8 heteroatoms. The van der Waals surface area contributed by atoms with Gasteiger partial charge >= 0.3 is 17.7 Å². The number of benzene rings is 2. The van der Waals surface area contributed by atoms with Crippen LogP contribution < -0.4 is 0 Å². The molecule has 2 rings (SSSR count). The van der Waals surface area contributed by atoms with E-state index in [0.29, 0.717) is 0 Å². The third-order valence-electron chi connectivity index (χ3n) is 4.34. The Kier molecular flexibility index (Phi) is 6.19. The summed E-state index contributed by atoms with van der Waals surface area (Å²) in [5.74, 6) is -5.81. The second-order valence-electron chi connectivity index (χ2n) is 5.96. The van der Waals surface area contributed by atoms with Crippen LogP contribution in [0, 0.1) is 18.3 Å². The topological polar surface area (TPSA) is 47.7 Å². The Balaban J connectivity index is 2.63. The first-order chi connectivity index (χ1) is 13.2. The summed E-state index contributed by atoms with van der Waals surface area (Å²) in [7, 11) is 0.845. The van der Waals surface area contributed by atoms with E-state index in [9.17, 15) is 27.2 Å². The molecule has 0 saturated heterocycles. The van der Waals surface area contributed by atoms with Crippen LogP contribution in [0.3, 0.4) is 0 Å². The van der Waals surface area contributed by atoms with Crippen LogP contribution in [0.15, 0.2) is 54.6 Å². The highest BCUT2D eigenvalue weighted by Gasteiger charge is 2.66. The maximum Gasteiger partial charge on any atom is 0.401 e. The zero-order valence-electron chi connectivity index (χ0n) is 14.7. The Bertz CT molecular complexity index is 888. The second kappa shape index (κ2) is 8.21. The summed E-state index contributed by atoms with van der Waals surface area (Å²) in [6, 6.07) is 10.7. The van der Waals surface area contributed by atoms with E-state index in [1.807, 2.05) is 0 Å². The van der Waals surface area contributed by atoms with E-state index in [-0.39, 0.29) is 5.56 Å². The van der Waals surface area contributed by atoms with Crippen LogP contribution in [0.1, 0.15) is 22.3 Å². The zero-order valence-corrected chi connectivity index (χ0v) is 14.7. The number of Topliss-reactive ketones (excluding diaryl/α,β-unsaturated/α-hetero) is 1. The number of rotatable bonds is 6. The van der Waals surface area contributed by atoms with Crippen molar-refractivity contribution in [1.82, 2.24) is 0 Å². The normalized spacial score (nSPS) is 14.4. The maximum atomic E-state index is 14.0. The largest absolute Gasteiger partial charge is 0.463 e. The van der Waals surface area contributed by atoms with Crippen LogP contribution in [-0.2, 0) is 15.1 Å². The van der Waals surface area contributed by atoms with Crippen molar-refractivity contribution in [3.8, 4) is 0 Å². The van der Waals surface area contributed by atoms with Gasteiger partial charge in [-0.05, 0) is 24.3 Å². The lowest BCUT2D eigenvalue weighted by Gasteiger charge is -2.29. The minimum Gasteiger partial charge on any atom is -0.463 e. The fourth-order valence-corrected chi connectivity index (χ4v) is 2.94. The Morgan fingerprint density at radius 2 is 1.64 bits per heavy atom. The van der Waals surface area contributed by atoms with Crippen molar-refractivity contribution in [2.45, 2.75) is 18.1 Å². The van der Waals surface area contributed by atoms with Crippen molar-refractivity contribution in [2.75, 3.05) is 7.11 Å². The average molecular weight is 393 g/mol. The van der Waals surface area contributed by atoms with Gasteiger partial charge in [0.1, 0.15) is 5.82 Å². The highest BCUT2D eigenvalue weighted by atomic mass is 19.4. The first-order valence-electron chi connectivity index (χ1n) is 8.04. The molecule has 0 N–H and O–H groups in total. The molecule has 0 saturated carbocycles. The lowest BCUT2D eigenvalue weighted by Crippen LogP contribution is -2.48. The lowest BCUT2D eigenvalue weighted by molar-refractivity contribution is -0.197. The molecule has 2 aromatic rings. The highest BCUT2D eigenvalue weighted by molar-refractivity contribution is 5.97. The number of hydrogen-bond donors (Lipinski definition) is 0. The summed E-state index contributed by atoms with van der Waals surface area (Å²) in [5.41, 5.74) is -3.27. The standard InChI is InChI=1S/C20H15F4NO3/c1-25-19(18(27)28-2,14-8-10-15(21)11-9-14)17(20(22,23)24)12-16(26)13-6-4-3-5-7-13/h3-11,17H,12H2,2H3/t17-,19-/m0/s1. The maximum absolute atomic E-state index is 14.0. The van der Waals surface area contributed by atoms with Crippen molar-refractivity contribution in [3.63, 3.8) is 0 Å². The minimum atomic E-state index is -5.09. The molecule has 0 radical (unpaired) electrons. The van der Waals surface area contributed by atoms with Gasteiger partial charge in [-0.3, -0.25) is 9.64 Å². The number of halogens is 4. The number of esters is 1. The van der Waals surface area contributed by atoms with E-state index in [2.05, 4.69) is 9.58 Å². The van der Waals surface area contributed by atoms with E-state index in [0.717, 1.165) is 31.4 Å². The van der Waals surface area contributed by atoms with Gasteiger partial charge in [0.15, 0.2) is 11.7 Å². The molecule has 146 valence electrons. The van der Waals surface area contributed by atoms with Gasteiger partial charge < -0.3 is 4.74 Å². The molecule has 0 heterocycles. The van der Waals surface area contributed by atoms with Gasteiger partial charge in [-0.2, -0.15) is 13.2 Å². The van der Waals surface area contributed by atoms with E-state index >= 15 is 0 Å². The van der Waals surface area contributed by atoms with Crippen molar-refractivity contribution in [1.29, 1.82) is 0 Å². The molecule has 0 bridgehead atoms. The molecule has 0 spiro atoms. The van der Waals surface area contributed by atoms with E-state index in [4.69, 9.17) is 6.57 Å². The smallest absolute Gasteiger partial charge is 0.401 e. The lowest BCUT2D eigenvalue weighted by atomic mass is 9.75. The Labute approximate surface area is 158 Å². The number of alkyl halides is 3. The van der Waals surface area contributed by atoms with Crippen molar-refractivity contribution in [2.24, 2.45) is 5.92 Å². The zero-order chi connectivity index (χ0) is 20.9. The Morgan fingerprint density at radius 3 is 2.11 bits per heavy atom. The number of ketones is 1. The predicted octanol–water partition coefficient (Wildman–Crippen LogP) is 4.56. The molecule has 28 heavy (non-hydrogen) atoms. The summed E-state index contributed by atoms with van der Waals surface area (Å²) < 4.78 is 59.6. The highest BCUT2D eigenvalue weighted by Crippen LogP contribution is 2.47. The van der Waals surface area contributed by atoms with Gasteiger partial charge in [0.05, 0.1) is 7.11 Å². The molecule has 0 unspecified atom stereocenters. The summed E-state index contributed by atoms with van der Waals surface area (Å²) in [6.45, 7) is 7.41. The van der Waals surface area contributed by atoms with Crippen molar-refractivity contribution >= 4 is 11.8 Å². The number of carbonyl (C=O) groups is 2. The SMILES string of the molecule is [C-]#[N+][C@@](C(=O)OC)(c1ccc(F)cc1)[C@H](CC(=O)c1ccccc1)C(F)(F)F. The number of ether oxygens (including phenoxy) is 1. The third kappa shape index (κ3) is 4.03. The van der Waals surface area contributed by atoms with E-state index < -0.39 is 47.2 Å². The predicted molar refractivity (Wildman–Crippen MR) is 91.6 cm³/mol. The van der Waals surface area contributed by atoms with Gasteiger partial charge in [0.2, 0.25) is 0 Å². The molecule has 2 atom stereocenters. The van der Waals surface area contributed by atoms with Crippen molar-refractivity contribution in [3.05, 3.63) is 83.0 Å². The second-order valence-corrected chi connectivity index (χ2v) is 5.96. The quantitative estimate of drug-likeness (QED) is 0.313. The Hall–Kier alpha value is -3.21. The molecule has 0 aliphatic rings.